The van der Waals surface area contributed by atoms with Gasteiger partial charge >= 0.3 is 0 Å². The highest BCUT2D eigenvalue weighted by atomic mass is 35.5. The van der Waals surface area contributed by atoms with Crippen molar-refractivity contribution in [2.75, 3.05) is 0 Å². The molecule has 0 aliphatic carbocycles. The van der Waals surface area contributed by atoms with Gasteiger partial charge in [0.1, 0.15) is 9.92 Å². The van der Waals surface area contributed by atoms with E-state index < -0.39 is 31.1 Å². The minimum absolute atomic E-state index is 0.563. The van der Waals surface area contributed by atoms with Gasteiger partial charge in [-0.15, -0.1) is 0 Å². The molecule has 1 N–H and O–H groups in total. The summed E-state index contributed by atoms with van der Waals surface area (Å²) in [6.07, 6.45) is 0.852. The maximum atomic E-state index is 11.7. The molecule has 0 unspecified atom stereocenters. The fraction of sp³-hybridized carbons (Fsp3) is 0.500. The Kier molecular flexibility index (Phi) is 3.15. The molecule has 0 aliphatic rings. The lowest BCUT2D eigenvalue weighted by Crippen LogP contribution is -2.36. The molecular formula is C8H11ClN2O4S. The third-order valence-electron chi connectivity index (χ3n) is 1.80. The molecule has 0 aromatic carbocycles. The van der Waals surface area contributed by atoms with Crippen molar-refractivity contribution in [3.05, 3.63) is 21.6 Å². The molecule has 6 nitrogen and oxygen atoms in total. The number of halogens is 1. The van der Waals surface area contributed by atoms with E-state index in [2.05, 4.69) is 5.10 Å². The molecule has 1 aromatic heterocycles. The van der Waals surface area contributed by atoms with E-state index in [-0.39, 0.29) is 0 Å². The van der Waals surface area contributed by atoms with Gasteiger partial charge in [-0.05, 0) is 20.8 Å². The molecule has 0 radical (unpaired) electrons. The largest absolute Gasteiger partial charge is 0.297 e. The van der Waals surface area contributed by atoms with Gasteiger partial charge in [-0.3, -0.25) is 9.35 Å². The average Bonchev–Trinajstić information content (AvgIpc) is 2.05. The van der Waals surface area contributed by atoms with Gasteiger partial charge in [-0.1, -0.05) is 11.6 Å². The van der Waals surface area contributed by atoms with Crippen LogP contribution in [0.5, 0.6) is 0 Å². The normalized spacial score (nSPS) is 12.8. The van der Waals surface area contributed by atoms with Crippen LogP contribution in [0, 0.1) is 0 Å². The van der Waals surface area contributed by atoms with Gasteiger partial charge in [0, 0.05) is 0 Å². The lowest BCUT2D eigenvalue weighted by atomic mass is 10.1. The summed E-state index contributed by atoms with van der Waals surface area (Å²) in [6.45, 7) is 5.14. The van der Waals surface area contributed by atoms with Crippen molar-refractivity contribution >= 4 is 21.7 Å². The Labute approximate surface area is 97.6 Å². The zero-order chi connectivity index (χ0) is 12.7. The van der Waals surface area contributed by atoms with Crippen LogP contribution in [0.2, 0.25) is 5.02 Å². The molecule has 0 spiro atoms. The van der Waals surface area contributed by atoms with E-state index >= 15 is 0 Å². The summed E-state index contributed by atoms with van der Waals surface area (Å²) in [6, 6.07) is 0. The topological polar surface area (TPSA) is 89.3 Å². The van der Waals surface area contributed by atoms with E-state index in [0.29, 0.717) is 0 Å². The highest BCUT2D eigenvalue weighted by molar-refractivity contribution is 7.86. The van der Waals surface area contributed by atoms with E-state index in [0.717, 1.165) is 10.9 Å². The first-order valence-corrected chi connectivity index (χ1v) is 6.13. The molecule has 0 saturated heterocycles. The highest BCUT2D eigenvalue weighted by Crippen LogP contribution is 2.17. The summed E-state index contributed by atoms with van der Waals surface area (Å²) >= 11 is 5.58. The Hall–Kier alpha value is -0.920. The molecule has 8 heteroatoms. The Morgan fingerprint density at radius 3 is 2.31 bits per heavy atom. The summed E-state index contributed by atoms with van der Waals surface area (Å²) in [4.78, 5) is 11.0. The third-order valence-corrected chi connectivity index (χ3v) is 3.14. The summed E-state index contributed by atoms with van der Waals surface area (Å²) in [5.41, 5.74) is -1.39. The van der Waals surface area contributed by atoms with Crippen LogP contribution in [0.15, 0.2) is 15.9 Å². The standard InChI is InChI=1S/C8H11ClN2O4S/c1-8(2,3)11-7(12)6(9)5(4-10-11)16(13,14)15/h4H,1-3H3,(H,13,14,15). The lowest BCUT2D eigenvalue weighted by molar-refractivity contribution is 0.335. The van der Waals surface area contributed by atoms with Crippen molar-refractivity contribution in [3.63, 3.8) is 0 Å². The fourth-order valence-electron chi connectivity index (χ4n) is 1.08. The first-order chi connectivity index (χ1) is 7.05. The quantitative estimate of drug-likeness (QED) is 0.763. The highest BCUT2D eigenvalue weighted by Gasteiger charge is 2.23. The monoisotopic (exact) mass is 266 g/mol. The summed E-state index contributed by atoms with van der Waals surface area (Å²) in [5.74, 6) is 0. The van der Waals surface area contributed by atoms with Crippen LogP contribution in [0.4, 0.5) is 0 Å². The predicted molar refractivity (Wildman–Crippen MR) is 58.3 cm³/mol. The SMILES string of the molecule is CC(C)(C)n1ncc(S(=O)(=O)O)c(Cl)c1=O. The summed E-state index contributed by atoms with van der Waals surface area (Å²) < 4.78 is 31.5. The van der Waals surface area contributed by atoms with Crippen LogP contribution in [0.1, 0.15) is 20.8 Å². The molecule has 90 valence electrons. The Morgan fingerprint density at radius 2 is 1.94 bits per heavy atom. The third kappa shape index (κ3) is 2.42. The van der Waals surface area contributed by atoms with Gasteiger partial charge in [0.2, 0.25) is 0 Å². The number of nitrogens with zero attached hydrogens (tertiary/aromatic N) is 2. The second-order valence-electron chi connectivity index (χ2n) is 4.19. The minimum atomic E-state index is -4.53. The van der Waals surface area contributed by atoms with Crippen molar-refractivity contribution in [2.45, 2.75) is 31.2 Å². The fourth-order valence-corrected chi connectivity index (χ4v) is 1.99. The molecule has 0 bridgehead atoms. The predicted octanol–water partition coefficient (Wildman–Crippen LogP) is 0.898. The smallest absolute Gasteiger partial charge is 0.282 e. The van der Waals surface area contributed by atoms with Gasteiger partial charge < -0.3 is 0 Å². The summed E-state index contributed by atoms with van der Waals surface area (Å²) in [5, 5.41) is 3.09. The van der Waals surface area contributed by atoms with Gasteiger partial charge in [0.15, 0.2) is 0 Å². The number of rotatable bonds is 1. The van der Waals surface area contributed by atoms with Crippen molar-refractivity contribution in [3.8, 4) is 0 Å². The Morgan fingerprint density at radius 1 is 1.44 bits per heavy atom. The first kappa shape index (κ1) is 13.1. The molecule has 0 atom stereocenters. The van der Waals surface area contributed by atoms with Gasteiger partial charge in [-0.25, -0.2) is 4.68 Å². The summed E-state index contributed by atoms with van der Waals surface area (Å²) in [7, 11) is -4.53. The van der Waals surface area contributed by atoms with Crippen molar-refractivity contribution in [1.82, 2.24) is 9.78 Å². The lowest BCUT2D eigenvalue weighted by Gasteiger charge is -2.20. The van der Waals surface area contributed by atoms with E-state index in [1.54, 1.807) is 20.8 Å². The average molecular weight is 267 g/mol. The first-order valence-electron chi connectivity index (χ1n) is 4.31. The molecule has 16 heavy (non-hydrogen) atoms. The molecule has 1 heterocycles. The van der Waals surface area contributed by atoms with Crippen LogP contribution < -0.4 is 5.56 Å². The zero-order valence-electron chi connectivity index (χ0n) is 8.93. The second kappa shape index (κ2) is 3.83. The Bertz CT molecular complexity index is 571. The van der Waals surface area contributed by atoms with Crippen LogP contribution in [0.3, 0.4) is 0 Å². The second-order valence-corrected chi connectivity index (χ2v) is 5.95. The number of hydrogen-bond donors (Lipinski definition) is 1. The van der Waals surface area contributed by atoms with Crippen LogP contribution in [-0.4, -0.2) is 22.8 Å². The van der Waals surface area contributed by atoms with Crippen molar-refractivity contribution in [1.29, 1.82) is 0 Å². The van der Waals surface area contributed by atoms with Crippen LogP contribution in [0.25, 0.3) is 0 Å². The number of aromatic nitrogens is 2. The Balaban J connectivity index is 3.61. The molecule has 1 aromatic rings. The molecule has 0 amide bonds. The minimum Gasteiger partial charge on any atom is -0.282 e. The maximum Gasteiger partial charge on any atom is 0.297 e. The van der Waals surface area contributed by atoms with Crippen molar-refractivity contribution < 1.29 is 13.0 Å². The van der Waals surface area contributed by atoms with Gasteiger partial charge in [0.05, 0.1) is 11.7 Å². The van der Waals surface area contributed by atoms with E-state index in [1.165, 1.54) is 0 Å². The zero-order valence-corrected chi connectivity index (χ0v) is 10.5. The number of hydrogen-bond acceptors (Lipinski definition) is 4. The van der Waals surface area contributed by atoms with E-state index in [9.17, 15) is 13.2 Å². The van der Waals surface area contributed by atoms with Crippen LogP contribution in [-0.2, 0) is 15.7 Å². The molecular weight excluding hydrogens is 256 g/mol. The molecule has 1 rings (SSSR count). The molecule has 0 fully saturated rings. The van der Waals surface area contributed by atoms with Crippen LogP contribution >= 0.6 is 11.6 Å². The van der Waals surface area contributed by atoms with Crippen molar-refractivity contribution in [2.24, 2.45) is 0 Å². The van der Waals surface area contributed by atoms with Gasteiger partial charge in [0.25, 0.3) is 15.7 Å². The molecule has 0 saturated carbocycles. The molecule has 0 aliphatic heterocycles. The van der Waals surface area contributed by atoms with Gasteiger partial charge in [-0.2, -0.15) is 13.5 Å². The van der Waals surface area contributed by atoms with E-state index in [1.807, 2.05) is 0 Å². The maximum absolute atomic E-state index is 11.7. The van der Waals surface area contributed by atoms with E-state index in [4.69, 9.17) is 16.2 Å².